The fraction of sp³-hybridized carbons (Fsp3) is 0.636. The fourth-order valence-electron chi connectivity index (χ4n) is 2.02. The fourth-order valence-corrected chi connectivity index (χ4v) is 2.02. The van der Waals surface area contributed by atoms with Gasteiger partial charge in [0, 0.05) is 13.5 Å². The molecule has 1 rings (SSSR count). The smallest absolute Gasteiger partial charge is 0.327 e. The zero-order valence-corrected chi connectivity index (χ0v) is 10.8. The summed E-state index contributed by atoms with van der Waals surface area (Å²) in [5.41, 5.74) is 0. The van der Waals surface area contributed by atoms with E-state index >= 15 is 0 Å². The molecule has 1 fully saturated rings. The Bertz CT molecular complexity index is 409. The van der Waals surface area contributed by atoms with Gasteiger partial charge in [0.25, 0.3) is 0 Å². The Balaban J connectivity index is 2.79. The molecule has 0 aliphatic carbocycles. The monoisotopic (exact) mass is 271 g/mol. The van der Waals surface area contributed by atoms with Gasteiger partial charge in [0.05, 0.1) is 12.6 Å². The highest BCUT2D eigenvalue weighted by Crippen LogP contribution is 2.09. The second-order valence-electron chi connectivity index (χ2n) is 4.36. The first-order valence-electron chi connectivity index (χ1n) is 5.92. The highest BCUT2D eigenvalue weighted by atomic mass is 16.4. The number of carboxylic acid groups (broad SMARTS) is 1. The number of carboxylic acids is 1. The van der Waals surface area contributed by atoms with Gasteiger partial charge in [-0.2, -0.15) is 0 Å². The van der Waals surface area contributed by atoms with E-state index in [0.29, 0.717) is 6.42 Å². The van der Waals surface area contributed by atoms with Gasteiger partial charge in [0.15, 0.2) is 0 Å². The molecule has 0 bridgehead atoms. The van der Waals surface area contributed by atoms with Gasteiger partial charge in [0.2, 0.25) is 17.7 Å². The molecule has 0 radical (unpaired) electrons. The molecule has 0 aromatic carbocycles. The number of piperazine rings is 1. The molecular formula is C11H17N3O5. The van der Waals surface area contributed by atoms with Crippen molar-refractivity contribution in [1.29, 1.82) is 0 Å². The summed E-state index contributed by atoms with van der Waals surface area (Å²) in [7, 11) is 0. The van der Waals surface area contributed by atoms with E-state index in [2.05, 4.69) is 10.6 Å². The summed E-state index contributed by atoms with van der Waals surface area (Å²) in [5, 5.41) is 13.5. The molecule has 0 saturated carbocycles. The second kappa shape index (κ2) is 6.28. The summed E-state index contributed by atoms with van der Waals surface area (Å²) in [6.45, 7) is 2.82. The molecule has 0 aromatic heterocycles. The first-order chi connectivity index (χ1) is 8.85. The number of nitrogens with zero attached hydrogens (tertiary/aromatic N) is 1. The van der Waals surface area contributed by atoms with Gasteiger partial charge in [0.1, 0.15) is 6.04 Å². The molecule has 3 N–H and O–H groups in total. The predicted octanol–water partition coefficient (Wildman–Crippen LogP) is -1.69. The van der Waals surface area contributed by atoms with Crippen LogP contribution in [0.1, 0.15) is 20.3 Å². The maximum atomic E-state index is 11.6. The van der Waals surface area contributed by atoms with Crippen LogP contribution in [0, 0.1) is 0 Å². The lowest BCUT2D eigenvalue weighted by molar-refractivity contribution is -0.146. The van der Waals surface area contributed by atoms with Crippen molar-refractivity contribution in [3.63, 3.8) is 0 Å². The summed E-state index contributed by atoms with van der Waals surface area (Å²) in [6, 6.07) is -1.71. The minimum Gasteiger partial charge on any atom is -0.480 e. The highest BCUT2D eigenvalue weighted by molar-refractivity contribution is 6.01. The lowest BCUT2D eigenvalue weighted by atomic mass is 10.1. The van der Waals surface area contributed by atoms with Crippen molar-refractivity contribution in [2.24, 2.45) is 0 Å². The SMILES string of the molecule is CCC1C(=O)NC(=O)CN1CC(NC(C)=O)C(=O)O. The Kier molecular flexibility index (Phi) is 4.99. The molecule has 2 atom stereocenters. The quantitative estimate of drug-likeness (QED) is 0.514. The Hall–Kier alpha value is -1.96. The molecule has 0 aromatic rings. The van der Waals surface area contributed by atoms with Crippen molar-refractivity contribution in [1.82, 2.24) is 15.5 Å². The van der Waals surface area contributed by atoms with Gasteiger partial charge >= 0.3 is 5.97 Å². The molecule has 3 amide bonds. The molecular weight excluding hydrogens is 254 g/mol. The molecule has 8 heteroatoms. The van der Waals surface area contributed by atoms with Gasteiger partial charge in [-0.1, -0.05) is 6.92 Å². The van der Waals surface area contributed by atoms with Crippen LogP contribution in [0.3, 0.4) is 0 Å². The molecule has 19 heavy (non-hydrogen) atoms. The first kappa shape index (κ1) is 15.1. The number of nitrogens with one attached hydrogen (secondary N) is 2. The van der Waals surface area contributed by atoms with Crippen LogP contribution in [0.5, 0.6) is 0 Å². The van der Waals surface area contributed by atoms with Gasteiger partial charge in [-0.15, -0.1) is 0 Å². The van der Waals surface area contributed by atoms with Crippen molar-refractivity contribution < 1.29 is 24.3 Å². The van der Waals surface area contributed by atoms with Crippen LogP contribution in [0.25, 0.3) is 0 Å². The second-order valence-corrected chi connectivity index (χ2v) is 4.36. The van der Waals surface area contributed by atoms with Gasteiger partial charge < -0.3 is 10.4 Å². The van der Waals surface area contributed by atoms with Gasteiger partial charge in [-0.3, -0.25) is 24.6 Å². The number of carbonyl (C=O) groups is 4. The third-order valence-electron chi connectivity index (χ3n) is 2.83. The van der Waals surface area contributed by atoms with E-state index in [0.717, 1.165) is 0 Å². The molecule has 2 unspecified atom stereocenters. The van der Waals surface area contributed by atoms with E-state index in [1.165, 1.54) is 11.8 Å². The largest absolute Gasteiger partial charge is 0.480 e. The number of hydrogen-bond donors (Lipinski definition) is 3. The predicted molar refractivity (Wildman–Crippen MR) is 64.0 cm³/mol. The normalized spacial score (nSPS) is 21.7. The minimum atomic E-state index is -1.21. The molecule has 1 heterocycles. The summed E-state index contributed by atoms with van der Waals surface area (Å²) in [6.07, 6.45) is 0.450. The van der Waals surface area contributed by atoms with Crippen LogP contribution in [-0.4, -0.2) is 58.9 Å². The van der Waals surface area contributed by atoms with Crippen LogP contribution < -0.4 is 10.6 Å². The maximum Gasteiger partial charge on any atom is 0.327 e. The standard InChI is InChI=1S/C11H17N3O5/c1-3-8-10(17)13-9(16)5-14(8)4-7(11(18)19)12-6(2)15/h7-8H,3-5H2,1-2H3,(H,12,15)(H,18,19)(H,13,16,17). The molecule has 1 aliphatic rings. The average Bonchev–Trinajstić information content (AvgIpc) is 2.26. The minimum absolute atomic E-state index is 0.0619. The van der Waals surface area contributed by atoms with Gasteiger partial charge in [-0.25, -0.2) is 4.79 Å². The van der Waals surface area contributed by atoms with E-state index in [1.807, 2.05) is 0 Å². The Morgan fingerprint density at radius 2 is 2.16 bits per heavy atom. The third-order valence-corrected chi connectivity index (χ3v) is 2.83. The van der Waals surface area contributed by atoms with Crippen LogP contribution >= 0.6 is 0 Å². The molecule has 0 spiro atoms. The van der Waals surface area contributed by atoms with Crippen LogP contribution in [-0.2, 0) is 19.2 Å². The summed E-state index contributed by atoms with van der Waals surface area (Å²) in [5.74, 6) is -2.59. The first-order valence-corrected chi connectivity index (χ1v) is 5.92. The number of carbonyl (C=O) groups excluding carboxylic acids is 3. The molecule has 8 nitrogen and oxygen atoms in total. The summed E-state index contributed by atoms with van der Waals surface area (Å²) >= 11 is 0. The van der Waals surface area contributed by atoms with Crippen molar-refractivity contribution in [2.75, 3.05) is 13.1 Å². The van der Waals surface area contributed by atoms with E-state index in [1.54, 1.807) is 6.92 Å². The zero-order valence-electron chi connectivity index (χ0n) is 10.8. The topological polar surface area (TPSA) is 116 Å². The molecule has 1 saturated heterocycles. The zero-order chi connectivity index (χ0) is 14.6. The lowest BCUT2D eigenvalue weighted by Gasteiger charge is -2.34. The van der Waals surface area contributed by atoms with Crippen molar-refractivity contribution in [3.05, 3.63) is 0 Å². The number of rotatable bonds is 5. The number of aliphatic carboxylic acids is 1. The van der Waals surface area contributed by atoms with Crippen LogP contribution in [0.15, 0.2) is 0 Å². The average molecular weight is 271 g/mol. The van der Waals surface area contributed by atoms with E-state index < -0.39 is 35.8 Å². The van der Waals surface area contributed by atoms with Gasteiger partial charge in [-0.05, 0) is 6.42 Å². The van der Waals surface area contributed by atoms with E-state index in [4.69, 9.17) is 5.11 Å². The van der Waals surface area contributed by atoms with E-state index in [9.17, 15) is 19.2 Å². The Morgan fingerprint density at radius 3 is 2.63 bits per heavy atom. The molecule has 106 valence electrons. The Morgan fingerprint density at radius 1 is 1.53 bits per heavy atom. The lowest BCUT2D eigenvalue weighted by Crippen LogP contribution is -2.61. The Labute approximate surface area is 110 Å². The summed E-state index contributed by atoms with van der Waals surface area (Å²) in [4.78, 5) is 46.4. The number of amides is 3. The highest BCUT2D eigenvalue weighted by Gasteiger charge is 2.35. The maximum absolute atomic E-state index is 11.6. The van der Waals surface area contributed by atoms with Crippen molar-refractivity contribution >= 4 is 23.7 Å². The third kappa shape index (κ3) is 4.02. The van der Waals surface area contributed by atoms with E-state index in [-0.39, 0.29) is 13.1 Å². The number of imide groups is 1. The van der Waals surface area contributed by atoms with Crippen LogP contribution in [0.2, 0.25) is 0 Å². The van der Waals surface area contributed by atoms with Crippen LogP contribution in [0.4, 0.5) is 0 Å². The van der Waals surface area contributed by atoms with Crippen molar-refractivity contribution in [2.45, 2.75) is 32.4 Å². The molecule has 1 aliphatic heterocycles. The van der Waals surface area contributed by atoms with Crippen molar-refractivity contribution in [3.8, 4) is 0 Å². The summed E-state index contributed by atoms with van der Waals surface area (Å²) < 4.78 is 0. The number of hydrogen-bond acceptors (Lipinski definition) is 5.